The number of rotatable bonds is 9. The lowest BCUT2D eigenvalue weighted by Crippen LogP contribution is -2.47. The third-order valence-electron chi connectivity index (χ3n) is 7.16. The number of pyridine rings is 2. The molecule has 1 atom stereocenters. The predicted octanol–water partition coefficient (Wildman–Crippen LogP) is 3.31. The van der Waals surface area contributed by atoms with Gasteiger partial charge in [-0.15, -0.1) is 0 Å². The van der Waals surface area contributed by atoms with Gasteiger partial charge in [-0.1, -0.05) is 47.6 Å². The number of thioether (sulfide) groups is 1. The monoisotopic (exact) mass is 582 g/mol. The number of aromatic amines is 1. The molecule has 210 valence electrons. The minimum Gasteiger partial charge on any atom is -0.486 e. The Morgan fingerprint density at radius 1 is 1.25 bits per heavy atom. The van der Waals surface area contributed by atoms with Crippen molar-refractivity contribution in [1.29, 1.82) is 0 Å². The lowest BCUT2D eigenvalue weighted by Gasteiger charge is -2.38. The number of carbonyl (C=O) groups excluding carboxylic acids is 1. The molecule has 3 heterocycles. The average molecular weight is 583 g/mol. The Morgan fingerprint density at radius 2 is 2.10 bits per heavy atom. The van der Waals surface area contributed by atoms with Crippen molar-refractivity contribution in [3.8, 4) is 5.75 Å². The van der Waals surface area contributed by atoms with Crippen LogP contribution in [0, 0.1) is 0 Å². The highest BCUT2D eigenvalue weighted by molar-refractivity contribution is 8.00. The lowest BCUT2D eigenvalue weighted by molar-refractivity contribution is -0.123. The molecule has 0 saturated carbocycles. The molecule has 11 heteroatoms. The van der Waals surface area contributed by atoms with Crippen molar-refractivity contribution in [2.75, 3.05) is 12.3 Å². The molecule has 2 aromatic heterocycles. The van der Waals surface area contributed by atoms with Gasteiger partial charge in [-0.05, 0) is 65.5 Å². The van der Waals surface area contributed by atoms with Crippen molar-refractivity contribution in [2.45, 2.75) is 50.0 Å². The van der Waals surface area contributed by atoms with Crippen LogP contribution in [0.4, 0.5) is 0 Å². The molecule has 2 aliphatic rings. The van der Waals surface area contributed by atoms with E-state index in [9.17, 15) is 19.8 Å². The van der Waals surface area contributed by atoms with E-state index in [-0.39, 0.29) is 31.2 Å². The first-order valence-electron chi connectivity index (χ1n) is 13.1. The van der Waals surface area contributed by atoms with E-state index in [0.29, 0.717) is 40.7 Å². The summed E-state index contributed by atoms with van der Waals surface area (Å²) < 4.78 is 6.01. The number of hydrogen-bond donors (Lipinski definition) is 4. The second-order valence-electron chi connectivity index (χ2n) is 10.1. The number of fused-ring (bicyclic) bond motifs is 1. The molecule has 1 aromatic carbocycles. The molecule has 1 saturated heterocycles. The van der Waals surface area contributed by atoms with E-state index in [4.69, 9.17) is 22.1 Å². The quantitative estimate of drug-likeness (QED) is 0.282. The summed E-state index contributed by atoms with van der Waals surface area (Å²) in [6, 6.07) is 11.2. The summed E-state index contributed by atoms with van der Waals surface area (Å²) in [5.74, 6) is 0.622. The number of nitrogens with two attached hydrogens (primary N) is 1. The van der Waals surface area contributed by atoms with E-state index in [1.165, 1.54) is 0 Å². The molecule has 1 amide bonds. The number of nitrogens with one attached hydrogen (secondary N) is 1. The molecular weight excluding hydrogens is 552 g/mol. The molecule has 9 nitrogen and oxygen atoms in total. The Hall–Kier alpha value is -3.15. The van der Waals surface area contributed by atoms with E-state index < -0.39 is 11.0 Å². The second-order valence-corrected chi connectivity index (χ2v) is 11.9. The number of ether oxygens (including phenoxy) is 1. The number of aliphatic hydroxyl groups is 2. The number of hydrogen-bond acceptors (Lipinski definition) is 8. The number of carbonyl (C=O) groups is 1. The second kappa shape index (κ2) is 12.2. The van der Waals surface area contributed by atoms with Crippen molar-refractivity contribution >= 4 is 40.9 Å². The zero-order valence-electron chi connectivity index (χ0n) is 21.8. The summed E-state index contributed by atoms with van der Waals surface area (Å²) in [7, 11) is 0. The molecule has 1 unspecified atom stereocenters. The lowest BCUT2D eigenvalue weighted by atomic mass is 9.87. The van der Waals surface area contributed by atoms with Crippen LogP contribution in [0.3, 0.4) is 0 Å². The van der Waals surface area contributed by atoms with Crippen LogP contribution < -0.4 is 16.0 Å². The first-order chi connectivity index (χ1) is 19.2. The van der Waals surface area contributed by atoms with Crippen molar-refractivity contribution in [3.63, 3.8) is 0 Å². The number of nitrogens with zero attached hydrogens (tertiary/aromatic N) is 2. The fourth-order valence-corrected chi connectivity index (χ4v) is 6.40. The van der Waals surface area contributed by atoms with Crippen LogP contribution in [0.2, 0.25) is 5.02 Å². The van der Waals surface area contributed by atoms with Gasteiger partial charge >= 0.3 is 0 Å². The fourth-order valence-electron chi connectivity index (χ4n) is 5.26. The van der Waals surface area contributed by atoms with Gasteiger partial charge in [0.2, 0.25) is 11.0 Å². The average Bonchev–Trinajstić information content (AvgIpc) is 2.91. The number of H-pyrrole nitrogens is 1. The van der Waals surface area contributed by atoms with Gasteiger partial charge in [-0.25, -0.2) is 0 Å². The van der Waals surface area contributed by atoms with Crippen LogP contribution in [0.15, 0.2) is 53.6 Å². The molecule has 0 spiro atoms. The van der Waals surface area contributed by atoms with Crippen LogP contribution >= 0.6 is 23.4 Å². The molecule has 5 rings (SSSR count). The van der Waals surface area contributed by atoms with E-state index >= 15 is 0 Å². The Bertz CT molecular complexity index is 1470. The van der Waals surface area contributed by atoms with Crippen molar-refractivity contribution in [1.82, 2.24) is 14.9 Å². The Labute approximate surface area is 241 Å². The van der Waals surface area contributed by atoms with Crippen molar-refractivity contribution in [3.05, 3.63) is 92.1 Å². The molecule has 0 bridgehead atoms. The van der Waals surface area contributed by atoms with Crippen LogP contribution in [-0.4, -0.2) is 54.4 Å². The molecule has 5 N–H and O–H groups in total. The third-order valence-corrected chi connectivity index (χ3v) is 8.45. The van der Waals surface area contributed by atoms with Crippen LogP contribution in [-0.2, 0) is 24.4 Å². The predicted molar refractivity (Wildman–Crippen MR) is 156 cm³/mol. The topological polar surface area (TPSA) is 142 Å². The Balaban J connectivity index is 1.35. The molecule has 1 fully saturated rings. The Morgan fingerprint density at radius 3 is 2.85 bits per heavy atom. The summed E-state index contributed by atoms with van der Waals surface area (Å²) >= 11 is 7.03. The van der Waals surface area contributed by atoms with Gasteiger partial charge < -0.3 is 25.7 Å². The molecular formula is C29H31ClN4O5S. The standard InChI is InChI=1S/C29H31ClN4O5S/c30-22-5-6-23(33-14-22)17-39-25-7-9-32-28(36)27(25)21-4-3-19-11-18(1-2-20(19)12-21)15-34(16-26(31)35)24-8-10-40-29(37,38)13-24/h1-2,5-7,9,11-12,14,24,37-38H,3-4,8,10,13,15-17H2,(H2,31,35)(H,32,36). The van der Waals surface area contributed by atoms with Crippen LogP contribution in [0.25, 0.3) is 11.6 Å². The number of aromatic nitrogens is 2. The van der Waals surface area contributed by atoms with E-state index in [1.807, 2.05) is 23.1 Å². The highest BCUT2D eigenvalue weighted by Gasteiger charge is 2.36. The summed E-state index contributed by atoms with van der Waals surface area (Å²) in [5.41, 5.74) is 10.6. The summed E-state index contributed by atoms with van der Waals surface area (Å²) in [6.07, 6.45) is 7.41. The van der Waals surface area contributed by atoms with Gasteiger partial charge in [0.1, 0.15) is 12.4 Å². The van der Waals surface area contributed by atoms with Gasteiger partial charge in [0.05, 0.1) is 22.8 Å². The fraction of sp³-hybridized carbons (Fsp3) is 0.345. The van der Waals surface area contributed by atoms with Gasteiger partial charge in [-0.2, -0.15) is 0 Å². The highest BCUT2D eigenvalue weighted by Crippen LogP contribution is 2.36. The SMILES string of the molecule is NC(=O)CN(Cc1ccc2c(c1)CCC(c1c(OCc3ccc(Cl)cn3)cc[nH]c1=O)=C2)C1CCSC(O)(O)C1. The summed E-state index contributed by atoms with van der Waals surface area (Å²) in [4.78, 5) is 33.6. The maximum atomic E-state index is 12.9. The maximum Gasteiger partial charge on any atom is 0.259 e. The normalized spacial score (nSPS) is 18.2. The minimum absolute atomic E-state index is 0.0393. The summed E-state index contributed by atoms with van der Waals surface area (Å²) in [5, 5.41) is 19.0. The van der Waals surface area contributed by atoms with Gasteiger partial charge in [0.15, 0.2) is 0 Å². The van der Waals surface area contributed by atoms with E-state index in [1.54, 1.807) is 30.6 Å². The van der Waals surface area contributed by atoms with Crippen molar-refractivity contribution in [2.24, 2.45) is 5.73 Å². The van der Waals surface area contributed by atoms with Crippen LogP contribution in [0.1, 0.15) is 47.2 Å². The number of benzene rings is 1. The number of aryl methyl sites for hydroxylation is 1. The highest BCUT2D eigenvalue weighted by atomic mass is 35.5. The zero-order valence-corrected chi connectivity index (χ0v) is 23.4. The van der Waals surface area contributed by atoms with Gasteiger partial charge in [-0.3, -0.25) is 19.5 Å². The van der Waals surface area contributed by atoms with Crippen LogP contribution in [0.5, 0.6) is 5.75 Å². The molecule has 1 aliphatic heterocycles. The molecule has 1 aliphatic carbocycles. The molecule has 40 heavy (non-hydrogen) atoms. The molecule has 0 radical (unpaired) electrons. The van der Waals surface area contributed by atoms with Crippen molar-refractivity contribution < 1.29 is 19.7 Å². The minimum atomic E-state index is -1.81. The first kappa shape index (κ1) is 28.4. The van der Waals surface area contributed by atoms with E-state index in [0.717, 1.165) is 46.9 Å². The van der Waals surface area contributed by atoms with E-state index in [2.05, 4.69) is 16.0 Å². The number of amides is 1. The first-order valence-corrected chi connectivity index (χ1v) is 14.4. The largest absolute Gasteiger partial charge is 0.486 e. The smallest absolute Gasteiger partial charge is 0.259 e. The number of halogens is 1. The Kier molecular flexibility index (Phi) is 8.62. The number of primary amides is 1. The third kappa shape index (κ3) is 6.94. The van der Waals surface area contributed by atoms with Gasteiger partial charge in [0.25, 0.3) is 5.56 Å². The number of allylic oxidation sites excluding steroid dienone is 1. The zero-order chi connectivity index (χ0) is 28.3. The van der Waals surface area contributed by atoms with Gasteiger partial charge in [0, 0.05) is 31.4 Å². The maximum absolute atomic E-state index is 12.9. The molecule has 3 aromatic rings. The summed E-state index contributed by atoms with van der Waals surface area (Å²) in [6.45, 7) is 0.709.